The molecule has 7 nitrogen and oxygen atoms in total. The summed E-state index contributed by atoms with van der Waals surface area (Å²) in [7, 11) is 0. The van der Waals surface area contributed by atoms with Gasteiger partial charge in [-0.1, -0.05) is 42.5 Å². The van der Waals surface area contributed by atoms with Gasteiger partial charge in [0.05, 0.1) is 0 Å². The van der Waals surface area contributed by atoms with Crippen LogP contribution in [-0.4, -0.2) is 42.6 Å². The van der Waals surface area contributed by atoms with E-state index in [9.17, 15) is 9.59 Å². The number of nitrogens with one attached hydrogen (secondary N) is 2. The second-order valence-electron chi connectivity index (χ2n) is 7.29. The first-order valence-corrected chi connectivity index (χ1v) is 9.89. The van der Waals surface area contributed by atoms with Crippen LogP contribution in [0.2, 0.25) is 0 Å². The molecule has 2 aromatic carbocycles. The van der Waals surface area contributed by atoms with Gasteiger partial charge in [-0.25, -0.2) is 4.79 Å². The first-order valence-electron chi connectivity index (χ1n) is 9.89. The third kappa shape index (κ3) is 7.12. The van der Waals surface area contributed by atoms with E-state index >= 15 is 0 Å². The number of carbonyl (C=O) groups excluding carboxylic acids is 2. The predicted molar refractivity (Wildman–Crippen MR) is 111 cm³/mol. The van der Waals surface area contributed by atoms with Crippen molar-refractivity contribution in [3.63, 3.8) is 0 Å². The molecule has 3 amide bonds. The fourth-order valence-electron chi connectivity index (χ4n) is 3.48. The summed E-state index contributed by atoms with van der Waals surface area (Å²) in [6, 6.07) is 17.6. The maximum atomic E-state index is 12.3. The van der Waals surface area contributed by atoms with Crippen LogP contribution in [0.15, 0.2) is 54.6 Å². The monoisotopic (exact) mass is 396 g/mol. The summed E-state index contributed by atoms with van der Waals surface area (Å²) in [4.78, 5) is 25.5. The Bertz CT molecular complexity index is 813. The predicted octanol–water partition coefficient (Wildman–Crippen LogP) is 2.01. The lowest BCUT2D eigenvalue weighted by molar-refractivity contribution is -0.119. The van der Waals surface area contributed by atoms with Crippen LogP contribution in [0.5, 0.6) is 5.75 Å². The topological polar surface area (TPSA) is 96.7 Å². The number of amides is 3. The number of hydrogen-bond acceptors (Lipinski definition) is 4. The summed E-state index contributed by atoms with van der Waals surface area (Å²) in [5, 5.41) is 5.96. The number of piperidine rings is 1. The van der Waals surface area contributed by atoms with Crippen LogP contribution in [0.25, 0.3) is 0 Å². The van der Waals surface area contributed by atoms with E-state index in [4.69, 9.17) is 10.5 Å². The Balaban J connectivity index is 1.43. The Morgan fingerprint density at radius 2 is 1.90 bits per heavy atom. The second-order valence-corrected chi connectivity index (χ2v) is 7.29. The molecule has 0 spiro atoms. The molecule has 1 aliphatic heterocycles. The number of rotatable bonds is 8. The summed E-state index contributed by atoms with van der Waals surface area (Å²) in [6.45, 7) is 3.00. The average molecular weight is 396 g/mol. The third-order valence-electron chi connectivity index (χ3n) is 4.82. The maximum absolute atomic E-state index is 12.3. The van der Waals surface area contributed by atoms with E-state index in [0.717, 1.165) is 38.0 Å². The fraction of sp³-hybridized carbons (Fsp3) is 0.364. The molecule has 7 heteroatoms. The van der Waals surface area contributed by atoms with Crippen LogP contribution in [0, 0.1) is 0 Å². The molecule has 0 bridgehead atoms. The molecule has 0 aliphatic carbocycles. The summed E-state index contributed by atoms with van der Waals surface area (Å²) in [5.74, 6) is 0.0223. The van der Waals surface area contributed by atoms with Crippen molar-refractivity contribution >= 4 is 11.9 Å². The highest BCUT2D eigenvalue weighted by molar-refractivity contribution is 5.75. The number of urea groups is 1. The van der Waals surface area contributed by atoms with E-state index < -0.39 is 5.91 Å². The number of nitrogens with zero attached hydrogens (tertiary/aromatic N) is 1. The minimum Gasteiger partial charge on any atom is -0.484 e. The van der Waals surface area contributed by atoms with Crippen LogP contribution >= 0.6 is 0 Å². The van der Waals surface area contributed by atoms with E-state index in [1.807, 2.05) is 18.2 Å². The smallest absolute Gasteiger partial charge is 0.315 e. The molecule has 0 radical (unpaired) electrons. The van der Waals surface area contributed by atoms with Gasteiger partial charge < -0.3 is 21.1 Å². The third-order valence-corrected chi connectivity index (χ3v) is 4.82. The van der Waals surface area contributed by atoms with Gasteiger partial charge in [-0.05, 0) is 42.6 Å². The normalized spacial score (nSPS) is 16.8. The van der Waals surface area contributed by atoms with Crippen molar-refractivity contribution in [1.29, 1.82) is 0 Å². The Labute approximate surface area is 171 Å². The average Bonchev–Trinajstić information content (AvgIpc) is 2.72. The van der Waals surface area contributed by atoms with Crippen LogP contribution in [0.3, 0.4) is 0 Å². The minimum absolute atomic E-state index is 0.137. The van der Waals surface area contributed by atoms with Crippen LogP contribution in [0.1, 0.15) is 24.0 Å². The Hall–Kier alpha value is -3.06. The lowest BCUT2D eigenvalue weighted by Crippen LogP contribution is -2.50. The molecular weight excluding hydrogens is 368 g/mol. The van der Waals surface area contributed by atoms with Crippen molar-refractivity contribution in [2.75, 3.05) is 19.7 Å². The molecular formula is C22H28N4O3. The first-order chi connectivity index (χ1) is 14.1. The molecule has 1 unspecified atom stereocenters. The van der Waals surface area contributed by atoms with Gasteiger partial charge in [-0.15, -0.1) is 0 Å². The SMILES string of the molecule is NC(=O)COc1cccc(CNC(=O)NC2CCCN(Cc3ccccc3)C2)c1. The van der Waals surface area contributed by atoms with Gasteiger partial charge >= 0.3 is 6.03 Å². The number of carbonyl (C=O) groups is 2. The standard InChI is InChI=1S/C22H28N4O3/c23-21(27)16-29-20-10-4-8-18(12-20)13-24-22(28)25-19-9-5-11-26(15-19)14-17-6-2-1-3-7-17/h1-4,6-8,10,12,19H,5,9,11,13-16H2,(H2,23,27)(H2,24,25,28). The molecule has 154 valence electrons. The van der Waals surface area contributed by atoms with Gasteiger partial charge in [0.25, 0.3) is 5.91 Å². The molecule has 29 heavy (non-hydrogen) atoms. The van der Waals surface area contributed by atoms with Gasteiger partial charge in [0.2, 0.25) is 0 Å². The van der Waals surface area contributed by atoms with Gasteiger partial charge in [0, 0.05) is 25.7 Å². The van der Waals surface area contributed by atoms with Crippen molar-refractivity contribution in [3.8, 4) is 5.75 Å². The van der Waals surface area contributed by atoms with Crippen molar-refractivity contribution in [2.24, 2.45) is 5.73 Å². The number of likely N-dealkylation sites (tertiary alicyclic amines) is 1. The van der Waals surface area contributed by atoms with Crippen molar-refractivity contribution in [1.82, 2.24) is 15.5 Å². The Morgan fingerprint density at radius 3 is 2.69 bits per heavy atom. The van der Waals surface area contributed by atoms with Crippen LogP contribution < -0.4 is 21.1 Å². The molecule has 2 aromatic rings. The quantitative estimate of drug-likeness (QED) is 0.636. The highest BCUT2D eigenvalue weighted by Gasteiger charge is 2.21. The Kier molecular flexibility index (Phi) is 7.47. The largest absolute Gasteiger partial charge is 0.484 e. The highest BCUT2D eigenvalue weighted by atomic mass is 16.5. The number of nitrogens with two attached hydrogens (primary N) is 1. The fourth-order valence-corrected chi connectivity index (χ4v) is 3.48. The first kappa shape index (κ1) is 20.7. The summed E-state index contributed by atoms with van der Waals surface area (Å²) in [6.07, 6.45) is 2.05. The zero-order valence-corrected chi connectivity index (χ0v) is 16.5. The van der Waals surface area contributed by atoms with Gasteiger partial charge in [-0.2, -0.15) is 0 Å². The van der Waals surface area contributed by atoms with E-state index in [2.05, 4.69) is 39.8 Å². The summed E-state index contributed by atoms with van der Waals surface area (Å²) < 4.78 is 5.29. The number of benzene rings is 2. The lowest BCUT2D eigenvalue weighted by atomic mass is 10.0. The minimum atomic E-state index is -0.526. The van der Waals surface area contributed by atoms with Gasteiger partial charge in [0.15, 0.2) is 6.61 Å². The van der Waals surface area contributed by atoms with Crippen molar-refractivity contribution in [2.45, 2.75) is 32.0 Å². The second kappa shape index (κ2) is 10.5. The van der Waals surface area contributed by atoms with E-state index in [1.54, 1.807) is 12.1 Å². The van der Waals surface area contributed by atoms with Crippen LogP contribution in [0.4, 0.5) is 4.79 Å². The van der Waals surface area contributed by atoms with E-state index in [0.29, 0.717) is 12.3 Å². The number of primary amides is 1. The molecule has 1 fully saturated rings. The molecule has 1 atom stereocenters. The molecule has 3 rings (SSSR count). The zero-order chi connectivity index (χ0) is 20.5. The Morgan fingerprint density at radius 1 is 1.10 bits per heavy atom. The summed E-state index contributed by atoms with van der Waals surface area (Å²) in [5.41, 5.74) is 7.26. The molecule has 1 aliphatic rings. The molecule has 1 heterocycles. The molecule has 4 N–H and O–H groups in total. The molecule has 0 saturated carbocycles. The van der Waals surface area contributed by atoms with Gasteiger partial charge in [0.1, 0.15) is 5.75 Å². The molecule has 1 saturated heterocycles. The van der Waals surface area contributed by atoms with Gasteiger partial charge in [-0.3, -0.25) is 9.69 Å². The van der Waals surface area contributed by atoms with E-state index in [-0.39, 0.29) is 18.7 Å². The zero-order valence-electron chi connectivity index (χ0n) is 16.5. The highest BCUT2D eigenvalue weighted by Crippen LogP contribution is 2.15. The van der Waals surface area contributed by atoms with Crippen molar-refractivity contribution < 1.29 is 14.3 Å². The summed E-state index contributed by atoms with van der Waals surface area (Å²) >= 11 is 0. The van der Waals surface area contributed by atoms with Crippen LogP contribution in [-0.2, 0) is 17.9 Å². The van der Waals surface area contributed by atoms with E-state index in [1.165, 1.54) is 5.56 Å². The van der Waals surface area contributed by atoms with Crippen molar-refractivity contribution in [3.05, 3.63) is 65.7 Å². The number of hydrogen-bond donors (Lipinski definition) is 3. The molecule has 0 aromatic heterocycles. The lowest BCUT2D eigenvalue weighted by Gasteiger charge is -2.33. The maximum Gasteiger partial charge on any atom is 0.315 e. The number of ether oxygens (including phenoxy) is 1.